The van der Waals surface area contributed by atoms with Crippen molar-refractivity contribution < 1.29 is 9.32 Å². The van der Waals surface area contributed by atoms with Gasteiger partial charge in [-0.1, -0.05) is 17.3 Å². The van der Waals surface area contributed by atoms with Crippen LogP contribution in [0.25, 0.3) is 11.1 Å². The van der Waals surface area contributed by atoms with E-state index < -0.39 is 0 Å². The van der Waals surface area contributed by atoms with Crippen LogP contribution in [-0.2, 0) is 0 Å². The number of piperidine rings is 1. The second-order valence-corrected chi connectivity index (χ2v) is 7.02. The Morgan fingerprint density at radius 2 is 2.11 bits per heavy atom. The number of aromatic nitrogens is 4. The maximum absolute atomic E-state index is 13.3. The number of aromatic amines is 1. The van der Waals surface area contributed by atoms with Crippen molar-refractivity contribution in [3.63, 3.8) is 0 Å². The molecule has 0 aliphatic carbocycles. The Morgan fingerprint density at radius 3 is 2.89 bits per heavy atom. The second-order valence-electron chi connectivity index (χ2n) is 7.02. The number of benzene rings is 1. The SMILES string of the molecule is Cc1cc(-c2cccc(C(=O)N3CCCCC3c3nc(C)no3)c2)c(=O)[nH]n1. The number of likely N-dealkylation sites (tertiary alicyclic amines) is 1. The van der Waals surface area contributed by atoms with E-state index in [2.05, 4.69) is 20.3 Å². The van der Waals surface area contributed by atoms with Gasteiger partial charge in [-0.25, -0.2) is 5.10 Å². The summed E-state index contributed by atoms with van der Waals surface area (Å²) in [5.41, 5.74) is 2.11. The fraction of sp³-hybridized carbons (Fsp3) is 0.350. The second kappa shape index (κ2) is 7.38. The number of carbonyl (C=O) groups is 1. The number of nitrogens with zero attached hydrogens (tertiary/aromatic N) is 4. The molecule has 1 N–H and O–H groups in total. The highest BCUT2D eigenvalue weighted by atomic mass is 16.5. The number of hydrogen-bond donors (Lipinski definition) is 1. The summed E-state index contributed by atoms with van der Waals surface area (Å²) in [5.74, 6) is 0.926. The van der Waals surface area contributed by atoms with E-state index in [9.17, 15) is 9.59 Å². The zero-order valence-corrected chi connectivity index (χ0v) is 15.8. The van der Waals surface area contributed by atoms with Gasteiger partial charge in [0.1, 0.15) is 6.04 Å². The van der Waals surface area contributed by atoms with Gasteiger partial charge in [0.2, 0.25) is 5.89 Å². The number of carbonyl (C=O) groups excluding carboxylic acids is 1. The fourth-order valence-corrected chi connectivity index (χ4v) is 3.59. The predicted octanol–water partition coefficient (Wildman–Crippen LogP) is 2.80. The largest absolute Gasteiger partial charge is 0.337 e. The number of hydrogen-bond acceptors (Lipinski definition) is 6. The Labute approximate surface area is 161 Å². The van der Waals surface area contributed by atoms with Crippen molar-refractivity contribution in [3.8, 4) is 11.1 Å². The first-order valence-corrected chi connectivity index (χ1v) is 9.31. The molecular formula is C20H21N5O3. The molecule has 1 aliphatic heterocycles. The van der Waals surface area contributed by atoms with Crippen LogP contribution in [0.4, 0.5) is 0 Å². The maximum atomic E-state index is 13.3. The van der Waals surface area contributed by atoms with E-state index in [-0.39, 0.29) is 17.5 Å². The molecule has 0 radical (unpaired) electrons. The topological polar surface area (TPSA) is 105 Å². The van der Waals surface area contributed by atoms with E-state index in [1.807, 2.05) is 6.07 Å². The number of H-pyrrole nitrogens is 1. The Morgan fingerprint density at radius 1 is 1.25 bits per heavy atom. The van der Waals surface area contributed by atoms with E-state index in [0.29, 0.717) is 40.6 Å². The smallest absolute Gasteiger partial charge is 0.272 e. The molecule has 0 bridgehead atoms. The molecule has 144 valence electrons. The van der Waals surface area contributed by atoms with Gasteiger partial charge in [0, 0.05) is 12.1 Å². The van der Waals surface area contributed by atoms with E-state index in [1.165, 1.54) is 0 Å². The summed E-state index contributed by atoms with van der Waals surface area (Å²) in [7, 11) is 0. The van der Waals surface area contributed by atoms with Gasteiger partial charge in [-0.05, 0) is 56.9 Å². The molecule has 1 saturated heterocycles. The van der Waals surface area contributed by atoms with Crippen LogP contribution in [0, 0.1) is 13.8 Å². The van der Waals surface area contributed by atoms with Crippen molar-refractivity contribution in [2.75, 3.05) is 6.54 Å². The third-order valence-corrected chi connectivity index (χ3v) is 4.94. The molecular weight excluding hydrogens is 358 g/mol. The Balaban J connectivity index is 1.67. The summed E-state index contributed by atoms with van der Waals surface area (Å²) >= 11 is 0. The predicted molar refractivity (Wildman–Crippen MR) is 102 cm³/mol. The molecule has 1 atom stereocenters. The third kappa shape index (κ3) is 3.45. The van der Waals surface area contributed by atoms with Crippen LogP contribution < -0.4 is 5.56 Å². The van der Waals surface area contributed by atoms with Crippen molar-refractivity contribution in [1.82, 2.24) is 25.2 Å². The minimum Gasteiger partial charge on any atom is -0.337 e. The minimum atomic E-state index is -0.285. The van der Waals surface area contributed by atoms with Crippen LogP contribution in [0.15, 0.2) is 39.6 Å². The van der Waals surface area contributed by atoms with Crippen molar-refractivity contribution in [1.29, 1.82) is 0 Å². The zero-order valence-electron chi connectivity index (χ0n) is 15.8. The van der Waals surface area contributed by atoms with Crippen LogP contribution in [0.5, 0.6) is 0 Å². The highest BCUT2D eigenvalue weighted by Gasteiger charge is 2.32. The fourth-order valence-electron chi connectivity index (χ4n) is 3.59. The molecule has 4 rings (SSSR count). The van der Waals surface area contributed by atoms with E-state index >= 15 is 0 Å². The van der Waals surface area contributed by atoms with Crippen molar-refractivity contribution >= 4 is 5.91 Å². The first-order valence-electron chi connectivity index (χ1n) is 9.31. The van der Waals surface area contributed by atoms with Crippen LogP contribution in [0.2, 0.25) is 0 Å². The Bertz CT molecular complexity index is 1070. The number of nitrogens with one attached hydrogen (secondary N) is 1. The summed E-state index contributed by atoms with van der Waals surface area (Å²) < 4.78 is 5.33. The summed E-state index contributed by atoms with van der Waals surface area (Å²) in [6, 6.07) is 8.60. The lowest BCUT2D eigenvalue weighted by molar-refractivity contribution is 0.0561. The molecule has 1 aliphatic rings. The first-order chi connectivity index (χ1) is 13.5. The molecule has 1 amide bonds. The van der Waals surface area contributed by atoms with Gasteiger partial charge in [-0.3, -0.25) is 9.59 Å². The quantitative estimate of drug-likeness (QED) is 0.750. The van der Waals surface area contributed by atoms with Crippen molar-refractivity contribution in [2.45, 2.75) is 39.2 Å². The highest BCUT2D eigenvalue weighted by molar-refractivity contribution is 5.95. The van der Waals surface area contributed by atoms with Gasteiger partial charge in [0.05, 0.1) is 11.3 Å². The normalized spacial score (nSPS) is 16.9. The van der Waals surface area contributed by atoms with E-state index in [4.69, 9.17) is 4.52 Å². The lowest BCUT2D eigenvalue weighted by atomic mass is 9.99. The van der Waals surface area contributed by atoms with Gasteiger partial charge in [0.15, 0.2) is 5.82 Å². The van der Waals surface area contributed by atoms with Gasteiger partial charge >= 0.3 is 0 Å². The van der Waals surface area contributed by atoms with Crippen molar-refractivity contribution in [2.24, 2.45) is 0 Å². The molecule has 3 heterocycles. The zero-order chi connectivity index (χ0) is 19.7. The van der Waals surface area contributed by atoms with Crippen molar-refractivity contribution in [3.05, 3.63) is 63.7 Å². The van der Waals surface area contributed by atoms with Crippen LogP contribution in [-0.4, -0.2) is 37.7 Å². The average Bonchev–Trinajstić information content (AvgIpc) is 3.15. The molecule has 3 aromatic rings. The number of aryl methyl sites for hydroxylation is 2. The minimum absolute atomic E-state index is 0.107. The Hall–Kier alpha value is -3.29. The third-order valence-electron chi connectivity index (χ3n) is 4.94. The summed E-state index contributed by atoms with van der Waals surface area (Å²) in [4.78, 5) is 31.5. The molecule has 0 spiro atoms. The van der Waals surface area contributed by atoms with Crippen LogP contribution in [0.1, 0.15) is 53.1 Å². The van der Waals surface area contributed by atoms with E-state index in [1.54, 1.807) is 43.0 Å². The van der Waals surface area contributed by atoms with Crippen LogP contribution >= 0.6 is 0 Å². The van der Waals surface area contributed by atoms with Gasteiger partial charge in [-0.2, -0.15) is 10.1 Å². The number of amides is 1. The molecule has 1 aromatic carbocycles. The van der Waals surface area contributed by atoms with Gasteiger partial charge < -0.3 is 9.42 Å². The molecule has 1 unspecified atom stereocenters. The summed E-state index contributed by atoms with van der Waals surface area (Å²) in [6.07, 6.45) is 2.72. The van der Waals surface area contributed by atoms with Gasteiger partial charge in [-0.15, -0.1) is 0 Å². The first kappa shape index (κ1) is 18.1. The molecule has 8 heteroatoms. The summed E-state index contributed by atoms with van der Waals surface area (Å²) in [6.45, 7) is 4.20. The summed E-state index contributed by atoms with van der Waals surface area (Å²) in [5, 5.41) is 10.2. The molecule has 1 fully saturated rings. The standard InChI is InChI=1S/C20H21N5O3/c1-12-10-16(18(26)23-22-12)14-6-5-7-15(11-14)20(27)25-9-4-3-8-17(25)19-21-13(2)24-28-19/h5-7,10-11,17H,3-4,8-9H2,1-2H3,(H,23,26). The molecule has 2 aromatic heterocycles. The average molecular weight is 379 g/mol. The van der Waals surface area contributed by atoms with Gasteiger partial charge in [0.25, 0.3) is 11.5 Å². The molecule has 8 nitrogen and oxygen atoms in total. The Kier molecular flexibility index (Phi) is 4.77. The monoisotopic (exact) mass is 379 g/mol. The van der Waals surface area contributed by atoms with Crippen LogP contribution in [0.3, 0.4) is 0 Å². The molecule has 28 heavy (non-hydrogen) atoms. The number of rotatable bonds is 3. The van der Waals surface area contributed by atoms with E-state index in [0.717, 1.165) is 19.3 Å². The lowest BCUT2D eigenvalue weighted by Gasteiger charge is -2.33. The lowest BCUT2D eigenvalue weighted by Crippen LogP contribution is -2.38. The maximum Gasteiger partial charge on any atom is 0.272 e. The highest BCUT2D eigenvalue weighted by Crippen LogP contribution is 2.31. The molecule has 0 saturated carbocycles.